The summed E-state index contributed by atoms with van der Waals surface area (Å²) in [5.41, 5.74) is 2.06. The summed E-state index contributed by atoms with van der Waals surface area (Å²) in [6.07, 6.45) is 4.08. The molecular formula is C18H26N4O2. The number of benzene rings is 1. The lowest BCUT2D eigenvalue weighted by Crippen LogP contribution is -2.30. The Labute approximate surface area is 143 Å². The van der Waals surface area contributed by atoms with E-state index in [2.05, 4.69) is 27.9 Å². The van der Waals surface area contributed by atoms with Crippen molar-refractivity contribution in [3.8, 4) is 11.5 Å². The van der Waals surface area contributed by atoms with Crippen LogP contribution in [0.5, 0.6) is 11.5 Å². The SMILES string of the molecule is CCNC(=NCc1ccn(C)c1)Nc1ccc(OCC)c(OC)c1. The molecule has 0 unspecified atom stereocenters. The van der Waals surface area contributed by atoms with Gasteiger partial charge in [0, 0.05) is 37.7 Å². The summed E-state index contributed by atoms with van der Waals surface area (Å²) >= 11 is 0. The number of hydrogen-bond donors (Lipinski definition) is 2. The van der Waals surface area contributed by atoms with E-state index in [1.54, 1.807) is 7.11 Å². The maximum absolute atomic E-state index is 5.54. The van der Waals surface area contributed by atoms with E-state index < -0.39 is 0 Å². The zero-order valence-electron chi connectivity index (χ0n) is 14.8. The molecule has 0 aliphatic heterocycles. The molecule has 0 fully saturated rings. The quantitative estimate of drug-likeness (QED) is 0.605. The molecule has 0 aliphatic carbocycles. The number of nitrogens with one attached hydrogen (secondary N) is 2. The number of anilines is 1. The first-order chi connectivity index (χ1) is 11.7. The highest BCUT2D eigenvalue weighted by molar-refractivity contribution is 5.93. The minimum Gasteiger partial charge on any atom is -0.493 e. The summed E-state index contributed by atoms with van der Waals surface area (Å²) in [5.74, 6) is 2.16. The molecule has 6 nitrogen and oxygen atoms in total. The topological polar surface area (TPSA) is 59.8 Å². The van der Waals surface area contributed by atoms with E-state index in [4.69, 9.17) is 9.47 Å². The van der Waals surface area contributed by atoms with E-state index in [0.717, 1.165) is 23.9 Å². The van der Waals surface area contributed by atoms with Crippen LogP contribution in [0.4, 0.5) is 5.69 Å². The van der Waals surface area contributed by atoms with Gasteiger partial charge >= 0.3 is 0 Å². The average Bonchev–Trinajstić information content (AvgIpc) is 3.00. The van der Waals surface area contributed by atoms with Crippen LogP contribution in [-0.4, -0.2) is 30.8 Å². The van der Waals surface area contributed by atoms with Gasteiger partial charge < -0.3 is 24.7 Å². The van der Waals surface area contributed by atoms with Crippen molar-refractivity contribution in [1.82, 2.24) is 9.88 Å². The van der Waals surface area contributed by atoms with Crippen LogP contribution in [0.25, 0.3) is 0 Å². The van der Waals surface area contributed by atoms with Crippen molar-refractivity contribution < 1.29 is 9.47 Å². The van der Waals surface area contributed by atoms with Crippen molar-refractivity contribution in [2.45, 2.75) is 20.4 Å². The molecule has 24 heavy (non-hydrogen) atoms. The van der Waals surface area contributed by atoms with Crippen LogP contribution in [0, 0.1) is 0 Å². The fourth-order valence-electron chi connectivity index (χ4n) is 2.29. The van der Waals surface area contributed by atoms with Gasteiger partial charge in [0.15, 0.2) is 17.5 Å². The Balaban J connectivity index is 2.11. The molecule has 6 heteroatoms. The Morgan fingerprint density at radius 2 is 2.04 bits per heavy atom. The maximum Gasteiger partial charge on any atom is 0.196 e. The summed E-state index contributed by atoms with van der Waals surface area (Å²) in [7, 11) is 3.64. The second kappa shape index (κ2) is 8.86. The Hall–Kier alpha value is -2.63. The lowest BCUT2D eigenvalue weighted by atomic mass is 10.2. The van der Waals surface area contributed by atoms with Crippen LogP contribution in [-0.2, 0) is 13.6 Å². The summed E-state index contributed by atoms with van der Waals surface area (Å²) in [5, 5.41) is 6.54. The highest BCUT2D eigenvalue weighted by Gasteiger charge is 2.07. The van der Waals surface area contributed by atoms with Crippen LogP contribution < -0.4 is 20.1 Å². The zero-order chi connectivity index (χ0) is 17.4. The number of aryl methyl sites for hydroxylation is 1. The highest BCUT2D eigenvalue weighted by Crippen LogP contribution is 2.30. The fourth-order valence-corrected chi connectivity index (χ4v) is 2.29. The number of aliphatic imine (C=N–C) groups is 1. The molecule has 0 radical (unpaired) electrons. The van der Waals surface area contributed by atoms with Gasteiger partial charge in [-0.15, -0.1) is 0 Å². The van der Waals surface area contributed by atoms with Crippen molar-refractivity contribution in [3.05, 3.63) is 42.2 Å². The predicted octanol–water partition coefficient (Wildman–Crippen LogP) is 3.01. The van der Waals surface area contributed by atoms with Gasteiger partial charge in [0.05, 0.1) is 20.3 Å². The number of rotatable bonds is 7. The van der Waals surface area contributed by atoms with Crippen molar-refractivity contribution in [1.29, 1.82) is 0 Å². The third-order valence-electron chi connectivity index (χ3n) is 3.38. The van der Waals surface area contributed by atoms with Gasteiger partial charge in [-0.25, -0.2) is 4.99 Å². The predicted molar refractivity (Wildman–Crippen MR) is 98.0 cm³/mol. The molecule has 1 heterocycles. The molecule has 0 spiro atoms. The summed E-state index contributed by atoms with van der Waals surface area (Å²) < 4.78 is 12.9. The molecule has 130 valence electrons. The molecule has 0 amide bonds. The molecule has 2 rings (SSSR count). The summed E-state index contributed by atoms with van der Waals surface area (Å²) in [4.78, 5) is 4.62. The van der Waals surface area contributed by atoms with Crippen molar-refractivity contribution in [2.75, 3.05) is 25.6 Å². The van der Waals surface area contributed by atoms with E-state index in [0.29, 0.717) is 18.9 Å². The van der Waals surface area contributed by atoms with Crippen molar-refractivity contribution in [2.24, 2.45) is 12.0 Å². The average molecular weight is 330 g/mol. The lowest BCUT2D eigenvalue weighted by molar-refractivity contribution is 0.311. The van der Waals surface area contributed by atoms with Gasteiger partial charge in [-0.1, -0.05) is 0 Å². The van der Waals surface area contributed by atoms with E-state index in [1.165, 1.54) is 5.56 Å². The summed E-state index contributed by atoms with van der Waals surface area (Å²) in [6, 6.07) is 7.81. The lowest BCUT2D eigenvalue weighted by Gasteiger charge is -2.14. The smallest absolute Gasteiger partial charge is 0.196 e. The number of aromatic nitrogens is 1. The standard InChI is InChI=1S/C18H26N4O2/c1-5-19-18(20-12-14-9-10-22(3)13-14)21-15-7-8-16(24-6-2)17(11-15)23-4/h7-11,13H,5-6,12H2,1-4H3,(H2,19,20,21). The Morgan fingerprint density at radius 1 is 1.21 bits per heavy atom. The highest BCUT2D eigenvalue weighted by atomic mass is 16.5. The third kappa shape index (κ3) is 4.94. The number of methoxy groups -OCH3 is 1. The fraction of sp³-hybridized carbons (Fsp3) is 0.389. The number of guanidine groups is 1. The molecule has 0 aliphatic rings. The minimum absolute atomic E-state index is 0.601. The molecule has 2 aromatic rings. The molecule has 0 atom stereocenters. The number of hydrogen-bond acceptors (Lipinski definition) is 3. The second-order valence-corrected chi connectivity index (χ2v) is 5.30. The van der Waals surface area contributed by atoms with Crippen LogP contribution in [0.1, 0.15) is 19.4 Å². The van der Waals surface area contributed by atoms with E-state index >= 15 is 0 Å². The minimum atomic E-state index is 0.601. The zero-order valence-corrected chi connectivity index (χ0v) is 14.8. The van der Waals surface area contributed by atoms with Gasteiger partial charge in [-0.3, -0.25) is 0 Å². The van der Waals surface area contributed by atoms with Gasteiger partial charge in [-0.2, -0.15) is 0 Å². The molecule has 2 N–H and O–H groups in total. The van der Waals surface area contributed by atoms with E-state index in [9.17, 15) is 0 Å². The van der Waals surface area contributed by atoms with Crippen molar-refractivity contribution >= 4 is 11.6 Å². The third-order valence-corrected chi connectivity index (χ3v) is 3.38. The Kier molecular flexibility index (Phi) is 6.54. The Morgan fingerprint density at radius 3 is 2.67 bits per heavy atom. The second-order valence-electron chi connectivity index (χ2n) is 5.30. The first-order valence-electron chi connectivity index (χ1n) is 8.13. The van der Waals surface area contributed by atoms with Gasteiger partial charge in [0.2, 0.25) is 0 Å². The number of ether oxygens (including phenoxy) is 2. The van der Waals surface area contributed by atoms with Gasteiger partial charge in [0.25, 0.3) is 0 Å². The Bertz CT molecular complexity index is 679. The van der Waals surface area contributed by atoms with E-state index in [-0.39, 0.29) is 0 Å². The van der Waals surface area contributed by atoms with Crippen LogP contribution in [0.2, 0.25) is 0 Å². The van der Waals surface area contributed by atoms with Crippen molar-refractivity contribution in [3.63, 3.8) is 0 Å². The van der Waals surface area contributed by atoms with Crippen LogP contribution >= 0.6 is 0 Å². The van der Waals surface area contributed by atoms with Crippen LogP contribution in [0.15, 0.2) is 41.7 Å². The maximum atomic E-state index is 5.54. The van der Waals surface area contributed by atoms with Gasteiger partial charge in [-0.05, 0) is 37.6 Å². The normalized spacial score (nSPS) is 11.2. The van der Waals surface area contributed by atoms with Gasteiger partial charge in [0.1, 0.15) is 0 Å². The molecule has 0 saturated heterocycles. The summed E-state index contributed by atoms with van der Waals surface area (Å²) in [6.45, 7) is 5.99. The molecule has 0 saturated carbocycles. The molecule has 1 aromatic heterocycles. The number of nitrogens with zero attached hydrogens (tertiary/aromatic N) is 2. The van der Waals surface area contributed by atoms with Crippen LogP contribution in [0.3, 0.4) is 0 Å². The van der Waals surface area contributed by atoms with E-state index in [1.807, 2.05) is 49.9 Å². The molecule has 0 bridgehead atoms. The molecular weight excluding hydrogens is 304 g/mol. The molecule has 1 aromatic carbocycles. The first-order valence-corrected chi connectivity index (χ1v) is 8.13. The largest absolute Gasteiger partial charge is 0.493 e. The monoisotopic (exact) mass is 330 g/mol. The first kappa shape index (κ1) is 17.7.